The molecule has 12 nitrogen and oxygen atoms in total. The number of allylic oxidation sites excluding steroid dienone is 1. The summed E-state index contributed by atoms with van der Waals surface area (Å²) in [5.74, 6) is -0.253. The molecule has 1 fully saturated rings. The fourth-order valence-electron chi connectivity index (χ4n) is 11.3. The molecule has 0 radical (unpaired) electrons. The van der Waals surface area contributed by atoms with Crippen LogP contribution in [0.25, 0.3) is 0 Å². The van der Waals surface area contributed by atoms with Gasteiger partial charge in [-0.15, -0.1) is 0 Å². The Hall–Kier alpha value is -1.16. The normalized spacial score (nSPS) is 18.7. The smallest absolute Gasteiger partial charge is 0.394 e. The van der Waals surface area contributed by atoms with Crippen molar-refractivity contribution in [2.75, 3.05) is 13.2 Å². The molecule has 0 aromatic heterocycles. The molecular weight excluding hydrogens is 1010 g/mol. The SMILES string of the molecule is CCCCCCCCCCCCCCCCCCCCC/C=C/C(O)C(COC1OC(CO)C(O)C(OS(=O)(=O)O)C1O)NC(=O)CCCCCCCCCCCCCCCCCCCCCCCCCCCCCCCCC. The molecule has 0 saturated carbocycles. The third kappa shape index (κ3) is 47.8. The number of amides is 1. The average Bonchev–Trinajstić information content (AvgIpc) is 3.44. The third-order valence-electron chi connectivity index (χ3n) is 16.6. The first-order valence-corrected chi connectivity index (χ1v) is 35.4. The minimum atomic E-state index is -5.09. The summed E-state index contributed by atoms with van der Waals surface area (Å²) in [5, 5.41) is 45.1. The van der Waals surface area contributed by atoms with Gasteiger partial charge in [0.25, 0.3) is 0 Å². The quantitative estimate of drug-likeness (QED) is 0.0193. The summed E-state index contributed by atoms with van der Waals surface area (Å²) >= 11 is 0. The van der Waals surface area contributed by atoms with Gasteiger partial charge in [-0.05, 0) is 19.3 Å². The van der Waals surface area contributed by atoms with E-state index >= 15 is 0 Å². The molecule has 1 aliphatic heterocycles. The van der Waals surface area contributed by atoms with E-state index in [0.717, 1.165) is 38.5 Å². The number of aliphatic hydroxyl groups is 4. The van der Waals surface area contributed by atoms with Crippen molar-refractivity contribution < 1.29 is 51.8 Å². The Balaban J connectivity index is 2.24. The number of carbonyl (C=O) groups excluding carboxylic acids is 1. The molecule has 7 atom stereocenters. The maximum Gasteiger partial charge on any atom is 0.397 e. The van der Waals surface area contributed by atoms with E-state index in [4.69, 9.17) is 9.47 Å². The van der Waals surface area contributed by atoms with E-state index in [2.05, 4.69) is 23.3 Å². The number of aliphatic hydroxyl groups excluding tert-OH is 4. The zero-order valence-corrected chi connectivity index (χ0v) is 52.3. The van der Waals surface area contributed by atoms with E-state index in [0.29, 0.717) is 6.42 Å². The highest BCUT2D eigenvalue weighted by atomic mass is 32.3. The van der Waals surface area contributed by atoms with Crippen molar-refractivity contribution in [1.29, 1.82) is 0 Å². The van der Waals surface area contributed by atoms with Crippen molar-refractivity contribution in [2.45, 2.75) is 391 Å². The van der Waals surface area contributed by atoms with Crippen LogP contribution in [0.1, 0.15) is 348 Å². The van der Waals surface area contributed by atoms with E-state index in [1.165, 1.54) is 283 Å². The molecule has 470 valence electrons. The molecule has 0 aromatic rings. The van der Waals surface area contributed by atoms with Gasteiger partial charge in [0.1, 0.15) is 24.4 Å². The summed E-state index contributed by atoms with van der Waals surface area (Å²) in [6.07, 6.45) is 61.4. The first-order chi connectivity index (χ1) is 38.5. The Morgan fingerprint density at radius 3 is 1.10 bits per heavy atom. The lowest BCUT2D eigenvalue weighted by Crippen LogP contribution is -2.61. The van der Waals surface area contributed by atoms with Crippen LogP contribution in [0.2, 0.25) is 0 Å². The largest absolute Gasteiger partial charge is 0.397 e. The van der Waals surface area contributed by atoms with Gasteiger partial charge in [-0.2, -0.15) is 8.42 Å². The van der Waals surface area contributed by atoms with Gasteiger partial charge >= 0.3 is 10.4 Å². The van der Waals surface area contributed by atoms with Gasteiger partial charge in [-0.3, -0.25) is 9.35 Å². The molecular formula is C66H129NO11S. The summed E-state index contributed by atoms with van der Waals surface area (Å²) in [5.41, 5.74) is 0. The Kier molecular flexibility index (Phi) is 53.8. The maximum absolute atomic E-state index is 13.2. The second-order valence-electron chi connectivity index (χ2n) is 24.1. The molecule has 1 saturated heterocycles. The van der Waals surface area contributed by atoms with Crippen molar-refractivity contribution in [3.63, 3.8) is 0 Å². The number of nitrogens with one attached hydrogen (secondary N) is 1. The van der Waals surface area contributed by atoms with E-state index in [1.807, 2.05) is 6.08 Å². The van der Waals surface area contributed by atoms with Crippen LogP contribution in [0.5, 0.6) is 0 Å². The van der Waals surface area contributed by atoms with Gasteiger partial charge in [0.15, 0.2) is 6.29 Å². The molecule has 0 bridgehead atoms. The van der Waals surface area contributed by atoms with Crippen molar-refractivity contribution in [3.8, 4) is 0 Å². The number of rotatable bonds is 61. The van der Waals surface area contributed by atoms with Gasteiger partial charge in [-0.1, -0.05) is 334 Å². The van der Waals surface area contributed by atoms with Crippen LogP contribution in [0.4, 0.5) is 0 Å². The molecule has 1 aliphatic rings. The van der Waals surface area contributed by atoms with E-state index in [-0.39, 0.29) is 18.9 Å². The lowest BCUT2D eigenvalue weighted by Gasteiger charge is -2.41. The Labute approximate surface area is 487 Å². The highest BCUT2D eigenvalue weighted by Crippen LogP contribution is 2.26. The number of hydrogen-bond acceptors (Lipinski definition) is 10. The standard InChI is InChI=1S/C66H129NO11S/c1-3-5-7-9-11-13-15-17-19-21-23-25-26-27-28-29-30-31-32-33-34-36-38-40-42-44-46-48-50-52-54-56-62(70)67-59(58-76-66-64(72)65(78-79(73,74)75)63(71)61(57-68)77-66)60(69)55-53-51-49-47-45-43-41-39-37-35-24-22-20-18-16-14-12-10-8-6-4-2/h53,55,59-61,63-66,68-69,71-72H,3-52,54,56-58H2,1-2H3,(H,67,70)(H,73,74,75)/b55-53+. The van der Waals surface area contributed by atoms with Crippen molar-refractivity contribution in [3.05, 3.63) is 12.2 Å². The van der Waals surface area contributed by atoms with Crippen molar-refractivity contribution >= 4 is 16.3 Å². The third-order valence-corrected chi connectivity index (χ3v) is 17.0. The van der Waals surface area contributed by atoms with Crippen LogP contribution in [-0.2, 0) is 28.9 Å². The summed E-state index contributed by atoms with van der Waals surface area (Å²) in [4.78, 5) is 13.2. The number of unbranched alkanes of at least 4 members (excludes halogenated alkanes) is 49. The Morgan fingerprint density at radius 1 is 0.494 bits per heavy atom. The minimum Gasteiger partial charge on any atom is -0.394 e. The van der Waals surface area contributed by atoms with Crippen LogP contribution >= 0.6 is 0 Å². The predicted molar refractivity (Wildman–Crippen MR) is 329 cm³/mol. The lowest BCUT2D eigenvalue weighted by molar-refractivity contribution is -0.298. The van der Waals surface area contributed by atoms with Crippen LogP contribution in [-0.4, -0.2) is 95.4 Å². The van der Waals surface area contributed by atoms with Gasteiger partial charge in [0.2, 0.25) is 5.91 Å². The number of hydrogen-bond donors (Lipinski definition) is 6. The van der Waals surface area contributed by atoms with Crippen LogP contribution in [0, 0.1) is 0 Å². The molecule has 0 spiro atoms. The Morgan fingerprint density at radius 2 is 0.797 bits per heavy atom. The van der Waals surface area contributed by atoms with Crippen molar-refractivity contribution in [1.82, 2.24) is 5.32 Å². The molecule has 0 aliphatic carbocycles. The summed E-state index contributed by atoms with van der Waals surface area (Å²) in [6, 6.07) is -0.941. The second-order valence-corrected chi connectivity index (χ2v) is 25.2. The minimum absolute atomic E-state index is 0.253. The molecule has 79 heavy (non-hydrogen) atoms. The van der Waals surface area contributed by atoms with Crippen molar-refractivity contribution in [2.24, 2.45) is 0 Å². The van der Waals surface area contributed by atoms with E-state index < -0.39 is 59.9 Å². The molecule has 1 heterocycles. The fourth-order valence-corrected chi connectivity index (χ4v) is 11.9. The molecule has 0 aromatic carbocycles. The maximum atomic E-state index is 13.2. The van der Waals surface area contributed by atoms with E-state index in [9.17, 15) is 38.2 Å². The monoisotopic (exact) mass is 1140 g/mol. The first-order valence-electron chi connectivity index (χ1n) is 34.1. The predicted octanol–water partition coefficient (Wildman–Crippen LogP) is 17.4. The first kappa shape index (κ1) is 75.9. The summed E-state index contributed by atoms with van der Waals surface area (Å²) in [6.45, 7) is 3.46. The second kappa shape index (κ2) is 56.0. The number of ether oxygens (including phenoxy) is 2. The zero-order valence-electron chi connectivity index (χ0n) is 51.5. The van der Waals surface area contributed by atoms with Gasteiger partial charge in [-0.25, -0.2) is 4.18 Å². The van der Waals surface area contributed by atoms with Crippen LogP contribution in [0.3, 0.4) is 0 Å². The highest BCUT2D eigenvalue weighted by Gasteiger charge is 2.48. The Bertz CT molecular complexity index is 1440. The highest BCUT2D eigenvalue weighted by molar-refractivity contribution is 7.80. The molecule has 6 N–H and O–H groups in total. The molecule has 13 heteroatoms. The van der Waals surface area contributed by atoms with Crippen LogP contribution in [0.15, 0.2) is 12.2 Å². The van der Waals surface area contributed by atoms with Crippen LogP contribution < -0.4 is 5.32 Å². The van der Waals surface area contributed by atoms with Gasteiger partial charge in [0, 0.05) is 6.42 Å². The molecule has 1 rings (SSSR count). The number of carbonyl (C=O) groups is 1. The van der Waals surface area contributed by atoms with Gasteiger partial charge in [0.05, 0.1) is 25.4 Å². The topological polar surface area (TPSA) is 192 Å². The zero-order chi connectivity index (χ0) is 57.5. The summed E-state index contributed by atoms with van der Waals surface area (Å²) < 4.78 is 48.0. The summed E-state index contributed by atoms with van der Waals surface area (Å²) in [7, 11) is -5.09. The van der Waals surface area contributed by atoms with Gasteiger partial charge < -0.3 is 35.2 Å². The molecule has 7 unspecified atom stereocenters. The lowest BCUT2D eigenvalue weighted by atomic mass is 9.99. The molecule has 1 amide bonds. The van der Waals surface area contributed by atoms with E-state index in [1.54, 1.807) is 6.08 Å². The fraction of sp³-hybridized carbons (Fsp3) is 0.955. The average molecular weight is 1140 g/mol.